The highest BCUT2D eigenvalue weighted by Gasteiger charge is 2.11. The Kier molecular flexibility index (Phi) is 4.36. The zero-order chi connectivity index (χ0) is 18.1. The van der Waals surface area contributed by atoms with Crippen LogP contribution in [0.25, 0.3) is 28.3 Å². The topological polar surface area (TPSA) is 56.5 Å². The molecular weight excluding hydrogens is 376 g/mol. The van der Waals surface area contributed by atoms with Gasteiger partial charge in [0.15, 0.2) is 0 Å². The Morgan fingerprint density at radius 2 is 1.65 bits per heavy atom. The summed E-state index contributed by atoms with van der Waals surface area (Å²) in [4.78, 5) is 5.43. The maximum Gasteiger partial charge on any atom is 0.223 e. The van der Waals surface area contributed by atoms with Crippen molar-refractivity contribution in [1.82, 2.24) is 25.2 Å². The van der Waals surface area contributed by atoms with Crippen molar-refractivity contribution in [2.75, 3.05) is 0 Å². The lowest BCUT2D eigenvalue weighted by Gasteiger charge is -2.07. The number of halogens is 3. The van der Waals surface area contributed by atoms with E-state index in [0.29, 0.717) is 38.4 Å². The lowest BCUT2D eigenvalue weighted by Crippen LogP contribution is -2.00. The fraction of sp³-hybridized carbons (Fsp3) is 0. The molecule has 0 unspecified atom stereocenters. The maximum atomic E-state index is 14.2. The Bertz CT molecular complexity index is 1060. The number of hydrogen-bond donors (Lipinski definition) is 0. The standard InChI is InChI=1S/C18H10Cl2FN5/c19-13-5-11(6-14(20)9-13)12-7-15(21)10-16(8-12)26-24-18(23-25-26)17-3-1-2-4-22-17/h1-10H. The highest BCUT2D eigenvalue weighted by Crippen LogP contribution is 2.29. The number of aromatic nitrogens is 5. The van der Waals surface area contributed by atoms with Gasteiger partial charge in [-0.1, -0.05) is 29.3 Å². The monoisotopic (exact) mass is 385 g/mol. The van der Waals surface area contributed by atoms with Crippen molar-refractivity contribution in [3.8, 4) is 28.3 Å². The first kappa shape index (κ1) is 16.6. The molecule has 0 aliphatic carbocycles. The van der Waals surface area contributed by atoms with Crippen molar-refractivity contribution in [2.24, 2.45) is 0 Å². The number of nitrogens with zero attached hydrogens (tertiary/aromatic N) is 5. The zero-order valence-electron chi connectivity index (χ0n) is 13.1. The largest absolute Gasteiger partial charge is 0.253 e. The molecule has 2 aromatic carbocycles. The van der Waals surface area contributed by atoms with Gasteiger partial charge in [-0.25, -0.2) is 4.39 Å². The van der Waals surface area contributed by atoms with Crippen LogP contribution in [0.4, 0.5) is 4.39 Å². The molecule has 4 aromatic rings. The van der Waals surface area contributed by atoms with Gasteiger partial charge >= 0.3 is 0 Å². The van der Waals surface area contributed by atoms with Crippen LogP contribution in [0.5, 0.6) is 0 Å². The molecule has 0 amide bonds. The molecule has 0 spiro atoms. The number of tetrazole rings is 1. The van der Waals surface area contributed by atoms with Crippen LogP contribution in [0.3, 0.4) is 0 Å². The van der Waals surface area contributed by atoms with Crippen LogP contribution in [0.15, 0.2) is 60.8 Å². The third-order valence-corrected chi connectivity index (χ3v) is 4.05. The molecule has 0 radical (unpaired) electrons. The molecule has 0 bridgehead atoms. The second-order valence-electron chi connectivity index (χ2n) is 5.47. The van der Waals surface area contributed by atoms with E-state index < -0.39 is 5.82 Å². The van der Waals surface area contributed by atoms with Crippen molar-refractivity contribution in [1.29, 1.82) is 0 Å². The predicted octanol–water partition coefficient (Wildman–Crippen LogP) is 4.84. The van der Waals surface area contributed by atoms with Crippen LogP contribution in [0.1, 0.15) is 0 Å². The first-order valence-corrected chi connectivity index (χ1v) is 8.33. The summed E-state index contributed by atoms with van der Waals surface area (Å²) in [6.45, 7) is 0. The summed E-state index contributed by atoms with van der Waals surface area (Å²) in [5.41, 5.74) is 2.29. The van der Waals surface area contributed by atoms with Crippen molar-refractivity contribution in [2.45, 2.75) is 0 Å². The van der Waals surface area contributed by atoms with Gasteiger partial charge in [0.05, 0.1) is 5.69 Å². The molecule has 26 heavy (non-hydrogen) atoms. The Labute approximate surface area is 158 Å². The van der Waals surface area contributed by atoms with Crippen LogP contribution >= 0.6 is 23.2 Å². The Hall–Kier alpha value is -2.83. The minimum absolute atomic E-state index is 0.349. The molecule has 0 saturated heterocycles. The highest BCUT2D eigenvalue weighted by molar-refractivity contribution is 6.35. The van der Waals surface area contributed by atoms with Crippen molar-refractivity contribution in [3.63, 3.8) is 0 Å². The minimum atomic E-state index is -0.440. The van der Waals surface area contributed by atoms with Gasteiger partial charge in [-0.15, -0.1) is 15.0 Å². The molecule has 4 rings (SSSR count). The van der Waals surface area contributed by atoms with Gasteiger partial charge in [-0.2, -0.15) is 0 Å². The summed E-state index contributed by atoms with van der Waals surface area (Å²) >= 11 is 12.1. The van der Waals surface area contributed by atoms with Crippen molar-refractivity contribution in [3.05, 3.63) is 76.7 Å². The van der Waals surface area contributed by atoms with Crippen molar-refractivity contribution < 1.29 is 4.39 Å². The molecule has 0 aliphatic rings. The molecule has 2 heterocycles. The molecule has 0 saturated carbocycles. The van der Waals surface area contributed by atoms with E-state index in [1.165, 1.54) is 16.9 Å². The molecule has 8 heteroatoms. The second-order valence-corrected chi connectivity index (χ2v) is 6.35. The minimum Gasteiger partial charge on any atom is -0.253 e. The molecule has 5 nitrogen and oxygen atoms in total. The molecule has 2 aromatic heterocycles. The predicted molar refractivity (Wildman–Crippen MR) is 97.8 cm³/mol. The summed E-state index contributed by atoms with van der Waals surface area (Å²) in [7, 11) is 0. The van der Waals surface area contributed by atoms with E-state index in [1.54, 1.807) is 42.6 Å². The number of pyridine rings is 1. The normalized spacial score (nSPS) is 10.9. The highest BCUT2D eigenvalue weighted by atomic mass is 35.5. The summed E-state index contributed by atoms with van der Waals surface area (Å²) in [5.74, 6) is -0.0903. The zero-order valence-corrected chi connectivity index (χ0v) is 14.7. The average Bonchev–Trinajstić information content (AvgIpc) is 3.11. The van der Waals surface area contributed by atoms with Gasteiger partial charge in [-0.3, -0.25) is 4.98 Å². The first-order chi connectivity index (χ1) is 12.6. The third kappa shape index (κ3) is 3.42. The van der Waals surface area contributed by atoms with Gasteiger partial charge in [0.1, 0.15) is 11.5 Å². The molecule has 128 valence electrons. The van der Waals surface area contributed by atoms with E-state index >= 15 is 0 Å². The van der Waals surface area contributed by atoms with E-state index in [2.05, 4.69) is 20.4 Å². The van der Waals surface area contributed by atoms with E-state index in [9.17, 15) is 4.39 Å². The molecule has 0 N–H and O–H groups in total. The van der Waals surface area contributed by atoms with Gasteiger partial charge < -0.3 is 0 Å². The van der Waals surface area contributed by atoms with Crippen LogP contribution in [-0.2, 0) is 0 Å². The third-order valence-electron chi connectivity index (χ3n) is 3.62. The number of hydrogen-bond acceptors (Lipinski definition) is 4. The quantitative estimate of drug-likeness (QED) is 0.506. The van der Waals surface area contributed by atoms with Gasteiger partial charge in [0.25, 0.3) is 0 Å². The molecule has 0 fully saturated rings. The molecule has 0 atom stereocenters. The van der Waals surface area contributed by atoms with Crippen LogP contribution in [-0.4, -0.2) is 25.2 Å². The van der Waals surface area contributed by atoms with Gasteiger partial charge in [-0.05, 0) is 58.8 Å². The number of benzene rings is 2. The lowest BCUT2D eigenvalue weighted by atomic mass is 10.0. The number of rotatable bonds is 3. The molecule has 0 aliphatic heterocycles. The van der Waals surface area contributed by atoms with E-state index in [4.69, 9.17) is 23.2 Å². The summed E-state index contributed by atoms with van der Waals surface area (Å²) in [6, 6.07) is 14.9. The SMILES string of the molecule is Fc1cc(-c2cc(Cl)cc(Cl)c2)cc(-n2nnc(-c3ccccn3)n2)c1. The lowest BCUT2D eigenvalue weighted by molar-refractivity contribution is 0.621. The fourth-order valence-corrected chi connectivity index (χ4v) is 3.02. The second kappa shape index (κ2) is 6.82. The smallest absolute Gasteiger partial charge is 0.223 e. The maximum absolute atomic E-state index is 14.2. The Morgan fingerprint density at radius 1 is 0.885 bits per heavy atom. The van der Waals surface area contributed by atoms with E-state index in [0.717, 1.165) is 0 Å². The van der Waals surface area contributed by atoms with E-state index in [1.807, 2.05) is 6.07 Å². The Balaban J connectivity index is 1.76. The van der Waals surface area contributed by atoms with Gasteiger partial charge in [0.2, 0.25) is 5.82 Å². The molecular formula is C18H10Cl2FN5. The summed E-state index contributed by atoms with van der Waals surface area (Å²) in [6.07, 6.45) is 1.64. The average molecular weight is 386 g/mol. The fourth-order valence-electron chi connectivity index (χ4n) is 2.50. The first-order valence-electron chi connectivity index (χ1n) is 7.57. The van der Waals surface area contributed by atoms with Crippen molar-refractivity contribution >= 4 is 23.2 Å². The van der Waals surface area contributed by atoms with Crippen LogP contribution < -0.4 is 0 Å². The Morgan fingerprint density at radius 3 is 2.38 bits per heavy atom. The summed E-state index contributed by atoms with van der Waals surface area (Å²) < 4.78 is 14.2. The van der Waals surface area contributed by atoms with Crippen LogP contribution in [0, 0.1) is 5.82 Å². The van der Waals surface area contributed by atoms with Crippen LogP contribution in [0.2, 0.25) is 10.0 Å². The summed E-state index contributed by atoms with van der Waals surface area (Å²) in [5, 5.41) is 13.2. The van der Waals surface area contributed by atoms with E-state index in [-0.39, 0.29) is 0 Å². The van der Waals surface area contributed by atoms with Gasteiger partial charge in [0, 0.05) is 22.3 Å².